The maximum absolute atomic E-state index is 11.2. The van der Waals surface area contributed by atoms with Gasteiger partial charge >= 0.3 is 5.97 Å². The minimum atomic E-state index is -0.248. The van der Waals surface area contributed by atoms with Crippen molar-refractivity contribution >= 4 is 5.97 Å². The minimum absolute atomic E-state index is 0.248. The number of allylic oxidation sites excluding steroid dienone is 5. The van der Waals surface area contributed by atoms with E-state index in [4.69, 9.17) is 0 Å². The molecular formula is C17H28O2. The molecular weight excluding hydrogens is 236 g/mol. The van der Waals surface area contributed by atoms with Crippen molar-refractivity contribution in [1.29, 1.82) is 0 Å². The van der Waals surface area contributed by atoms with Gasteiger partial charge in [-0.1, -0.05) is 49.6 Å². The lowest BCUT2D eigenvalue weighted by Crippen LogP contribution is -2.00. The number of methoxy groups -OCH3 is 1. The summed E-state index contributed by atoms with van der Waals surface area (Å²) in [7, 11) is 1.41. The quantitative estimate of drug-likeness (QED) is 0.254. The fraction of sp³-hybridized carbons (Fsp3) is 0.588. The lowest BCUT2D eigenvalue weighted by Gasteiger charge is -1.98. The molecule has 0 heterocycles. The van der Waals surface area contributed by atoms with Gasteiger partial charge in [0.1, 0.15) is 0 Å². The molecule has 0 aromatic heterocycles. The predicted molar refractivity (Wildman–Crippen MR) is 82.0 cm³/mol. The largest absolute Gasteiger partial charge is 0.466 e. The van der Waals surface area contributed by atoms with Gasteiger partial charge < -0.3 is 4.74 Å². The first-order chi connectivity index (χ1) is 9.11. The van der Waals surface area contributed by atoms with E-state index in [9.17, 15) is 4.79 Å². The Bertz CT molecular complexity index is 335. The van der Waals surface area contributed by atoms with E-state index in [1.165, 1.54) is 38.4 Å². The number of hydrogen-bond acceptors (Lipinski definition) is 2. The Hall–Kier alpha value is -1.31. The van der Waals surface area contributed by atoms with Crippen molar-refractivity contribution in [2.45, 2.75) is 59.3 Å². The van der Waals surface area contributed by atoms with Gasteiger partial charge in [-0.05, 0) is 39.5 Å². The maximum Gasteiger partial charge on any atom is 0.333 e. The molecule has 0 spiro atoms. The van der Waals surface area contributed by atoms with Crippen molar-refractivity contribution in [2.75, 3.05) is 7.11 Å². The second kappa shape index (κ2) is 11.8. The number of unbranched alkanes of at least 4 members (excludes halogenated alkanes) is 3. The monoisotopic (exact) mass is 264 g/mol. The summed E-state index contributed by atoms with van der Waals surface area (Å²) in [5.41, 5.74) is 2.00. The number of esters is 1. The standard InChI is InChI=1S/C17H28O2/c1-5-6-7-8-9-10-12-15(2)13-11-14-16(3)17(18)19-4/h9-10,13-14H,5-8,11-12H2,1-4H3. The molecule has 108 valence electrons. The van der Waals surface area contributed by atoms with Crippen LogP contribution in [0.15, 0.2) is 35.5 Å². The molecule has 0 bridgehead atoms. The normalized spacial score (nSPS) is 13.1. The second-order valence-corrected chi connectivity index (χ2v) is 4.84. The van der Waals surface area contributed by atoms with Crippen LogP contribution in [0.25, 0.3) is 0 Å². The SMILES string of the molecule is CCCCCC=CCC(C)=CCC=C(C)C(=O)OC. The topological polar surface area (TPSA) is 26.3 Å². The average molecular weight is 264 g/mol. The van der Waals surface area contributed by atoms with Gasteiger partial charge in [-0.3, -0.25) is 0 Å². The zero-order valence-electron chi connectivity index (χ0n) is 12.9. The third kappa shape index (κ3) is 10.3. The first-order valence-electron chi connectivity index (χ1n) is 7.17. The molecule has 0 aromatic carbocycles. The van der Waals surface area contributed by atoms with E-state index in [-0.39, 0.29) is 5.97 Å². The molecule has 0 unspecified atom stereocenters. The van der Waals surface area contributed by atoms with Crippen LogP contribution in [-0.2, 0) is 9.53 Å². The molecule has 0 atom stereocenters. The van der Waals surface area contributed by atoms with E-state index < -0.39 is 0 Å². The molecule has 0 fully saturated rings. The minimum Gasteiger partial charge on any atom is -0.466 e. The fourth-order valence-electron chi connectivity index (χ4n) is 1.66. The van der Waals surface area contributed by atoms with Gasteiger partial charge in [0.15, 0.2) is 0 Å². The smallest absolute Gasteiger partial charge is 0.333 e. The van der Waals surface area contributed by atoms with Gasteiger partial charge in [0.2, 0.25) is 0 Å². The van der Waals surface area contributed by atoms with Crippen LogP contribution in [0.2, 0.25) is 0 Å². The third-order valence-corrected chi connectivity index (χ3v) is 2.98. The highest BCUT2D eigenvalue weighted by molar-refractivity contribution is 5.87. The molecule has 0 aliphatic rings. The highest BCUT2D eigenvalue weighted by Crippen LogP contribution is 2.07. The molecule has 0 aliphatic heterocycles. The van der Waals surface area contributed by atoms with Crippen molar-refractivity contribution in [3.8, 4) is 0 Å². The summed E-state index contributed by atoms with van der Waals surface area (Å²) in [6, 6.07) is 0. The summed E-state index contributed by atoms with van der Waals surface area (Å²) < 4.78 is 4.64. The maximum atomic E-state index is 11.2. The van der Waals surface area contributed by atoms with E-state index in [2.05, 4.69) is 36.8 Å². The summed E-state index contributed by atoms with van der Waals surface area (Å²) in [5.74, 6) is -0.248. The van der Waals surface area contributed by atoms with Crippen molar-refractivity contribution in [3.05, 3.63) is 35.5 Å². The highest BCUT2D eigenvalue weighted by Gasteiger charge is 2.00. The molecule has 0 radical (unpaired) electrons. The van der Waals surface area contributed by atoms with Crippen LogP contribution in [0.4, 0.5) is 0 Å². The molecule has 0 amide bonds. The molecule has 0 rings (SSSR count). The van der Waals surface area contributed by atoms with Gasteiger partial charge in [0.25, 0.3) is 0 Å². The lowest BCUT2D eigenvalue weighted by atomic mass is 10.1. The molecule has 0 aliphatic carbocycles. The summed E-state index contributed by atoms with van der Waals surface area (Å²) in [4.78, 5) is 11.2. The zero-order valence-corrected chi connectivity index (χ0v) is 12.9. The predicted octanol–water partition coefficient (Wildman–Crippen LogP) is 4.97. The van der Waals surface area contributed by atoms with Crippen LogP contribution in [0.1, 0.15) is 59.3 Å². The summed E-state index contributed by atoms with van der Waals surface area (Å²) in [6.07, 6.45) is 15.4. The van der Waals surface area contributed by atoms with Crippen LogP contribution in [0, 0.1) is 0 Å². The Labute approximate surface area is 118 Å². The van der Waals surface area contributed by atoms with Crippen molar-refractivity contribution in [1.82, 2.24) is 0 Å². The Balaban J connectivity index is 3.91. The van der Waals surface area contributed by atoms with Gasteiger partial charge in [-0.15, -0.1) is 0 Å². The van der Waals surface area contributed by atoms with Gasteiger partial charge in [0, 0.05) is 5.57 Å². The van der Waals surface area contributed by atoms with E-state index in [0.717, 1.165) is 12.8 Å². The summed E-state index contributed by atoms with van der Waals surface area (Å²) in [6.45, 7) is 6.13. The highest BCUT2D eigenvalue weighted by atomic mass is 16.5. The Morgan fingerprint density at radius 3 is 2.47 bits per heavy atom. The van der Waals surface area contributed by atoms with E-state index in [1.54, 1.807) is 6.92 Å². The molecule has 0 aromatic rings. The van der Waals surface area contributed by atoms with Crippen LogP contribution in [0.3, 0.4) is 0 Å². The Morgan fingerprint density at radius 1 is 1.11 bits per heavy atom. The Morgan fingerprint density at radius 2 is 1.84 bits per heavy atom. The van der Waals surface area contributed by atoms with Crippen LogP contribution in [0.5, 0.6) is 0 Å². The van der Waals surface area contributed by atoms with Gasteiger partial charge in [-0.25, -0.2) is 4.79 Å². The first-order valence-corrected chi connectivity index (χ1v) is 7.17. The van der Waals surface area contributed by atoms with Gasteiger partial charge in [-0.2, -0.15) is 0 Å². The van der Waals surface area contributed by atoms with Crippen LogP contribution in [-0.4, -0.2) is 13.1 Å². The molecule has 2 heteroatoms. The number of rotatable bonds is 9. The lowest BCUT2D eigenvalue weighted by molar-refractivity contribution is -0.136. The average Bonchev–Trinajstić information content (AvgIpc) is 2.41. The summed E-state index contributed by atoms with van der Waals surface area (Å²) in [5, 5.41) is 0. The second-order valence-electron chi connectivity index (χ2n) is 4.84. The molecule has 19 heavy (non-hydrogen) atoms. The number of ether oxygens (including phenoxy) is 1. The van der Waals surface area contributed by atoms with Crippen LogP contribution < -0.4 is 0 Å². The van der Waals surface area contributed by atoms with Gasteiger partial charge in [0.05, 0.1) is 7.11 Å². The van der Waals surface area contributed by atoms with Crippen LogP contribution >= 0.6 is 0 Å². The molecule has 0 N–H and O–H groups in total. The molecule has 0 saturated carbocycles. The Kier molecular flexibility index (Phi) is 11.0. The molecule has 0 saturated heterocycles. The van der Waals surface area contributed by atoms with Crippen molar-refractivity contribution in [3.63, 3.8) is 0 Å². The third-order valence-electron chi connectivity index (χ3n) is 2.98. The first kappa shape index (κ1) is 17.7. The van der Waals surface area contributed by atoms with E-state index in [1.807, 2.05) is 6.08 Å². The fourth-order valence-corrected chi connectivity index (χ4v) is 1.66. The number of carbonyl (C=O) groups is 1. The summed E-state index contributed by atoms with van der Waals surface area (Å²) >= 11 is 0. The zero-order chi connectivity index (χ0) is 14.5. The molecule has 2 nitrogen and oxygen atoms in total. The van der Waals surface area contributed by atoms with Crippen molar-refractivity contribution in [2.24, 2.45) is 0 Å². The van der Waals surface area contributed by atoms with E-state index in [0.29, 0.717) is 5.57 Å². The van der Waals surface area contributed by atoms with E-state index >= 15 is 0 Å². The number of carbonyl (C=O) groups excluding carboxylic acids is 1. The van der Waals surface area contributed by atoms with Crippen molar-refractivity contribution < 1.29 is 9.53 Å². The number of hydrogen-bond donors (Lipinski definition) is 0.